The van der Waals surface area contributed by atoms with Crippen LogP contribution in [0.5, 0.6) is 0 Å². The molecule has 6 N–H and O–H groups in total. The molecule has 142 valence electrons. The average molecular weight is 362 g/mol. The largest absolute Gasteiger partial charge is 0.402 e. The summed E-state index contributed by atoms with van der Waals surface area (Å²) in [6, 6.07) is 10.5. The van der Waals surface area contributed by atoms with Gasteiger partial charge in [0.2, 0.25) is 0 Å². The van der Waals surface area contributed by atoms with Crippen LogP contribution >= 0.6 is 0 Å². The van der Waals surface area contributed by atoms with Gasteiger partial charge in [-0.2, -0.15) is 0 Å². The number of nitrogens with two attached hydrogens (primary N) is 3. The van der Waals surface area contributed by atoms with E-state index >= 15 is 0 Å². The Kier molecular flexibility index (Phi) is 5.31. The molecule has 0 amide bonds. The molecule has 0 radical (unpaired) electrons. The van der Waals surface area contributed by atoms with Crippen LogP contribution in [0.15, 0.2) is 53.8 Å². The number of nitrogen functional groups attached to an aromatic ring is 2. The zero-order valence-electron chi connectivity index (χ0n) is 16.8. The third-order valence-electron chi connectivity index (χ3n) is 5.95. The van der Waals surface area contributed by atoms with Gasteiger partial charge in [0, 0.05) is 23.0 Å². The van der Waals surface area contributed by atoms with Gasteiger partial charge in [-0.05, 0) is 97.2 Å². The van der Waals surface area contributed by atoms with Crippen molar-refractivity contribution < 1.29 is 0 Å². The quantitative estimate of drug-likeness (QED) is 0.697. The first kappa shape index (κ1) is 19.1. The minimum absolute atomic E-state index is 0.318. The molecule has 2 aromatic carbocycles. The van der Waals surface area contributed by atoms with Crippen LogP contribution in [-0.2, 0) is 12.8 Å². The minimum atomic E-state index is 0.318. The van der Waals surface area contributed by atoms with Crippen LogP contribution in [0, 0.1) is 32.6 Å². The first-order chi connectivity index (χ1) is 12.7. The average Bonchev–Trinajstić information content (AvgIpc) is 2.60. The molecule has 0 spiro atoms. The Morgan fingerprint density at radius 3 is 2.37 bits per heavy atom. The van der Waals surface area contributed by atoms with E-state index in [1.807, 2.05) is 6.07 Å². The van der Waals surface area contributed by atoms with Crippen LogP contribution in [0.2, 0.25) is 0 Å². The molecule has 0 heterocycles. The molecule has 0 aliphatic heterocycles. The van der Waals surface area contributed by atoms with Gasteiger partial charge in [0.1, 0.15) is 0 Å². The molecule has 2 aromatic rings. The summed E-state index contributed by atoms with van der Waals surface area (Å²) in [7, 11) is 0. The van der Waals surface area contributed by atoms with Crippen molar-refractivity contribution in [3.63, 3.8) is 0 Å². The molecular formula is C24H31N3. The van der Waals surface area contributed by atoms with E-state index in [0.29, 0.717) is 11.8 Å². The molecule has 0 unspecified atom stereocenters. The number of rotatable bonds is 4. The molecule has 3 rings (SSSR count). The highest BCUT2D eigenvalue weighted by molar-refractivity contribution is 5.53. The van der Waals surface area contributed by atoms with Crippen molar-refractivity contribution in [2.75, 3.05) is 11.5 Å². The standard InChI is InChI=1S/C24H31N3/c1-14-5-6-22(25)13-20(14)8-19-10-21(17(4)24(27)12-19)9-18-7-15(2)16(3)23(26)11-18/h5-7,10-13,17,21H,8-9,25-27H2,1-4H3/t17-,21-/m1/s1. The molecule has 1 aliphatic carbocycles. The third kappa shape index (κ3) is 4.19. The van der Waals surface area contributed by atoms with Gasteiger partial charge in [0.05, 0.1) is 0 Å². The fraction of sp³-hybridized carbons (Fsp3) is 0.333. The van der Waals surface area contributed by atoms with E-state index in [0.717, 1.165) is 29.9 Å². The summed E-state index contributed by atoms with van der Waals surface area (Å²) in [5.41, 5.74) is 28.7. The topological polar surface area (TPSA) is 78.1 Å². The van der Waals surface area contributed by atoms with E-state index in [1.54, 1.807) is 0 Å². The molecule has 0 aromatic heterocycles. The number of allylic oxidation sites excluding steroid dienone is 4. The summed E-state index contributed by atoms with van der Waals surface area (Å²) in [5, 5.41) is 0. The second-order valence-electron chi connectivity index (χ2n) is 8.03. The number of aryl methyl sites for hydroxylation is 2. The van der Waals surface area contributed by atoms with Gasteiger partial charge in [-0.15, -0.1) is 0 Å². The smallest absolute Gasteiger partial charge is 0.0349 e. The van der Waals surface area contributed by atoms with Gasteiger partial charge < -0.3 is 17.2 Å². The Morgan fingerprint density at radius 1 is 0.926 bits per heavy atom. The number of hydrogen-bond donors (Lipinski definition) is 3. The minimum Gasteiger partial charge on any atom is -0.402 e. The second-order valence-corrected chi connectivity index (χ2v) is 8.03. The van der Waals surface area contributed by atoms with Crippen LogP contribution in [0.4, 0.5) is 11.4 Å². The van der Waals surface area contributed by atoms with Gasteiger partial charge in [-0.25, -0.2) is 0 Å². The SMILES string of the molecule is Cc1ccc(N)cc1CC1=C[C@@H](Cc2cc(C)c(C)c(N)c2)[C@@H](C)C(N)=C1. The lowest BCUT2D eigenvalue weighted by molar-refractivity contribution is 0.471. The van der Waals surface area contributed by atoms with Crippen molar-refractivity contribution in [3.8, 4) is 0 Å². The van der Waals surface area contributed by atoms with E-state index in [-0.39, 0.29) is 0 Å². The summed E-state index contributed by atoms with van der Waals surface area (Å²) in [6.45, 7) is 8.53. The number of hydrogen-bond acceptors (Lipinski definition) is 3. The van der Waals surface area contributed by atoms with E-state index in [1.165, 1.54) is 33.4 Å². The molecule has 0 saturated carbocycles. The fourth-order valence-electron chi connectivity index (χ4n) is 3.86. The van der Waals surface area contributed by atoms with Gasteiger partial charge >= 0.3 is 0 Å². The molecule has 0 fully saturated rings. The summed E-state index contributed by atoms with van der Waals surface area (Å²) in [5.74, 6) is 0.686. The highest BCUT2D eigenvalue weighted by Gasteiger charge is 2.23. The maximum Gasteiger partial charge on any atom is 0.0349 e. The third-order valence-corrected chi connectivity index (χ3v) is 5.95. The molecule has 3 heteroatoms. The summed E-state index contributed by atoms with van der Waals surface area (Å²) in [6.07, 6.45) is 6.32. The van der Waals surface area contributed by atoms with Crippen LogP contribution in [0.1, 0.15) is 34.7 Å². The first-order valence-electron chi connectivity index (χ1n) is 9.63. The molecule has 2 atom stereocenters. The first-order valence-corrected chi connectivity index (χ1v) is 9.63. The van der Waals surface area contributed by atoms with Crippen LogP contribution in [0.3, 0.4) is 0 Å². The Labute approximate surface area is 163 Å². The zero-order valence-corrected chi connectivity index (χ0v) is 16.8. The predicted octanol–water partition coefficient (Wildman–Crippen LogP) is 4.60. The monoisotopic (exact) mass is 361 g/mol. The van der Waals surface area contributed by atoms with Crippen LogP contribution in [0.25, 0.3) is 0 Å². The van der Waals surface area contributed by atoms with E-state index in [4.69, 9.17) is 17.2 Å². The van der Waals surface area contributed by atoms with Gasteiger partial charge in [-0.1, -0.05) is 25.1 Å². The number of benzene rings is 2. The lowest BCUT2D eigenvalue weighted by Gasteiger charge is -2.27. The van der Waals surface area contributed by atoms with E-state index in [9.17, 15) is 0 Å². The highest BCUT2D eigenvalue weighted by atomic mass is 14.6. The van der Waals surface area contributed by atoms with Gasteiger partial charge in [0.25, 0.3) is 0 Å². The van der Waals surface area contributed by atoms with Crippen molar-refractivity contribution >= 4 is 11.4 Å². The highest BCUT2D eigenvalue weighted by Crippen LogP contribution is 2.32. The Bertz CT molecular complexity index is 898. The van der Waals surface area contributed by atoms with Crippen LogP contribution < -0.4 is 17.2 Å². The maximum absolute atomic E-state index is 6.39. The molecule has 0 bridgehead atoms. The van der Waals surface area contributed by atoms with Gasteiger partial charge in [-0.3, -0.25) is 0 Å². The molecule has 0 saturated heterocycles. The normalized spacial score (nSPS) is 19.6. The lowest BCUT2D eigenvalue weighted by atomic mass is 9.79. The summed E-state index contributed by atoms with van der Waals surface area (Å²) in [4.78, 5) is 0. The van der Waals surface area contributed by atoms with Crippen molar-refractivity contribution in [2.45, 2.75) is 40.5 Å². The lowest BCUT2D eigenvalue weighted by Crippen LogP contribution is -2.23. The van der Waals surface area contributed by atoms with E-state index < -0.39 is 0 Å². The Morgan fingerprint density at radius 2 is 1.67 bits per heavy atom. The molecule has 27 heavy (non-hydrogen) atoms. The summed E-state index contributed by atoms with van der Waals surface area (Å²) < 4.78 is 0. The summed E-state index contributed by atoms with van der Waals surface area (Å²) >= 11 is 0. The van der Waals surface area contributed by atoms with Crippen molar-refractivity contribution in [3.05, 3.63) is 81.6 Å². The molecular weight excluding hydrogens is 330 g/mol. The van der Waals surface area contributed by atoms with Crippen LogP contribution in [-0.4, -0.2) is 0 Å². The molecule has 1 aliphatic rings. The van der Waals surface area contributed by atoms with E-state index in [2.05, 4.69) is 64.1 Å². The van der Waals surface area contributed by atoms with Crippen molar-refractivity contribution in [1.29, 1.82) is 0 Å². The molecule has 3 nitrogen and oxygen atoms in total. The maximum atomic E-state index is 6.39. The second kappa shape index (κ2) is 7.51. The zero-order chi connectivity index (χ0) is 19.7. The predicted molar refractivity (Wildman–Crippen MR) is 116 cm³/mol. The number of anilines is 2. The Balaban J connectivity index is 1.87. The van der Waals surface area contributed by atoms with Crippen molar-refractivity contribution in [2.24, 2.45) is 17.6 Å². The van der Waals surface area contributed by atoms with Gasteiger partial charge in [0.15, 0.2) is 0 Å². The fourth-order valence-corrected chi connectivity index (χ4v) is 3.86. The van der Waals surface area contributed by atoms with Crippen molar-refractivity contribution in [1.82, 2.24) is 0 Å². The Hall–Kier alpha value is -2.68.